The Labute approximate surface area is 194 Å². The standard InChI is InChI=1S/C25H22N4O3S/c1-16-27-28-25(29(16)14-17-8-4-3-5-9-17)33-15-24(30)26-20-13-22-19(12-23(20)31-2)18-10-6-7-11-21(18)32-22/h3-13H,14-15H2,1-2H3,(H,26,30). The highest BCUT2D eigenvalue weighted by atomic mass is 32.2. The number of benzene rings is 3. The lowest BCUT2D eigenvalue weighted by molar-refractivity contribution is -0.113. The number of ether oxygens (including phenoxy) is 1. The number of rotatable bonds is 7. The van der Waals surface area contributed by atoms with Gasteiger partial charge in [0.1, 0.15) is 22.7 Å². The molecular weight excluding hydrogens is 436 g/mol. The van der Waals surface area contributed by atoms with Crippen LogP contribution in [-0.2, 0) is 11.3 Å². The second-order valence-corrected chi connectivity index (χ2v) is 8.53. The second kappa shape index (κ2) is 8.99. The van der Waals surface area contributed by atoms with Gasteiger partial charge in [-0.2, -0.15) is 0 Å². The van der Waals surface area contributed by atoms with E-state index >= 15 is 0 Å². The zero-order valence-corrected chi connectivity index (χ0v) is 19.1. The number of fused-ring (bicyclic) bond motifs is 3. The van der Waals surface area contributed by atoms with Gasteiger partial charge in [-0.05, 0) is 24.6 Å². The molecule has 0 fully saturated rings. The maximum absolute atomic E-state index is 12.8. The summed E-state index contributed by atoms with van der Waals surface area (Å²) in [5.41, 5.74) is 3.20. The highest BCUT2D eigenvalue weighted by molar-refractivity contribution is 7.99. The number of aryl methyl sites for hydroxylation is 1. The monoisotopic (exact) mass is 458 g/mol. The molecule has 8 heteroatoms. The number of amides is 1. The molecule has 33 heavy (non-hydrogen) atoms. The van der Waals surface area contributed by atoms with E-state index in [4.69, 9.17) is 9.15 Å². The van der Waals surface area contributed by atoms with Crippen LogP contribution in [-0.4, -0.2) is 33.5 Å². The molecule has 0 spiro atoms. The van der Waals surface area contributed by atoms with Crippen LogP contribution < -0.4 is 10.1 Å². The van der Waals surface area contributed by atoms with E-state index in [-0.39, 0.29) is 11.7 Å². The molecule has 7 nitrogen and oxygen atoms in total. The summed E-state index contributed by atoms with van der Waals surface area (Å²) in [4.78, 5) is 12.8. The van der Waals surface area contributed by atoms with E-state index in [1.165, 1.54) is 11.8 Å². The molecule has 0 radical (unpaired) electrons. The Bertz CT molecular complexity index is 1440. The minimum atomic E-state index is -0.166. The number of aromatic nitrogens is 3. The maximum atomic E-state index is 12.8. The molecule has 3 aromatic carbocycles. The number of carbonyl (C=O) groups excluding carboxylic acids is 1. The van der Waals surface area contributed by atoms with Gasteiger partial charge < -0.3 is 19.0 Å². The van der Waals surface area contributed by atoms with E-state index < -0.39 is 0 Å². The Morgan fingerprint density at radius 3 is 2.64 bits per heavy atom. The highest BCUT2D eigenvalue weighted by Gasteiger charge is 2.16. The van der Waals surface area contributed by atoms with E-state index in [1.54, 1.807) is 13.2 Å². The summed E-state index contributed by atoms with van der Waals surface area (Å²) in [5.74, 6) is 1.41. The zero-order chi connectivity index (χ0) is 22.8. The topological polar surface area (TPSA) is 82.2 Å². The minimum Gasteiger partial charge on any atom is -0.495 e. The predicted octanol–water partition coefficient (Wildman–Crippen LogP) is 5.27. The maximum Gasteiger partial charge on any atom is 0.234 e. The first kappa shape index (κ1) is 21.1. The van der Waals surface area contributed by atoms with Gasteiger partial charge in [0.05, 0.1) is 25.1 Å². The summed E-state index contributed by atoms with van der Waals surface area (Å²) in [7, 11) is 1.59. The average Bonchev–Trinajstić information content (AvgIpc) is 3.37. The molecule has 5 rings (SSSR count). The number of thioether (sulfide) groups is 1. The molecule has 0 saturated heterocycles. The fourth-order valence-corrected chi connectivity index (χ4v) is 4.53. The number of carbonyl (C=O) groups is 1. The van der Waals surface area contributed by atoms with Crippen molar-refractivity contribution < 1.29 is 13.9 Å². The zero-order valence-electron chi connectivity index (χ0n) is 18.2. The number of anilines is 1. The number of hydrogen-bond acceptors (Lipinski definition) is 6. The van der Waals surface area contributed by atoms with E-state index in [0.29, 0.717) is 28.7 Å². The van der Waals surface area contributed by atoms with Gasteiger partial charge in [0, 0.05) is 16.8 Å². The molecule has 2 heterocycles. The molecular formula is C25H22N4O3S. The van der Waals surface area contributed by atoms with Crippen molar-refractivity contribution in [2.75, 3.05) is 18.2 Å². The van der Waals surface area contributed by atoms with Crippen molar-refractivity contribution in [1.29, 1.82) is 0 Å². The van der Waals surface area contributed by atoms with Gasteiger partial charge in [0.25, 0.3) is 0 Å². The van der Waals surface area contributed by atoms with Crippen molar-refractivity contribution in [2.24, 2.45) is 0 Å². The van der Waals surface area contributed by atoms with Crippen molar-refractivity contribution in [3.05, 3.63) is 78.1 Å². The van der Waals surface area contributed by atoms with E-state index in [9.17, 15) is 4.79 Å². The van der Waals surface area contributed by atoms with Gasteiger partial charge in [0.15, 0.2) is 5.16 Å². The van der Waals surface area contributed by atoms with Gasteiger partial charge >= 0.3 is 0 Å². The molecule has 0 aliphatic heterocycles. The van der Waals surface area contributed by atoms with Crippen LogP contribution in [0.4, 0.5) is 5.69 Å². The Morgan fingerprint density at radius 2 is 1.82 bits per heavy atom. The molecule has 5 aromatic rings. The average molecular weight is 459 g/mol. The molecule has 1 N–H and O–H groups in total. The number of methoxy groups -OCH3 is 1. The number of para-hydroxylation sites is 1. The molecule has 0 bridgehead atoms. The van der Waals surface area contributed by atoms with Gasteiger partial charge in [-0.15, -0.1) is 10.2 Å². The van der Waals surface area contributed by atoms with Crippen molar-refractivity contribution in [3.8, 4) is 5.75 Å². The van der Waals surface area contributed by atoms with Gasteiger partial charge in [-0.1, -0.05) is 60.3 Å². The van der Waals surface area contributed by atoms with Crippen LogP contribution in [0.2, 0.25) is 0 Å². The van der Waals surface area contributed by atoms with E-state index in [2.05, 4.69) is 27.6 Å². The fourth-order valence-electron chi connectivity index (χ4n) is 3.75. The predicted molar refractivity (Wildman–Crippen MR) is 130 cm³/mol. The highest BCUT2D eigenvalue weighted by Crippen LogP contribution is 2.36. The molecule has 0 aliphatic carbocycles. The Balaban J connectivity index is 1.32. The number of hydrogen-bond donors (Lipinski definition) is 1. The van der Waals surface area contributed by atoms with Crippen LogP contribution >= 0.6 is 11.8 Å². The Morgan fingerprint density at radius 1 is 1.03 bits per heavy atom. The lowest BCUT2D eigenvalue weighted by atomic mass is 10.1. The summed E-state index contributed by atoms with van der Waals surface area (Å²) in [6.45, 7) is 2.56. The first-order valence-corrected chi connectivity index (χ1v) is 11.5. The SMILES string of the molecule is COc1cc2c(cc1NC(=O)CSc1nnc(C)n1Cc1ccccc1)oc1ccccc12. The van der Waals surface area contributed by atoms with Crippen LogP contribution in [0.25, 0.3) is 21.9 Å². The largest absolute Gasteiger partial charge is 0.495 e. The van der Waals surface area contributed by atoms with Crippen LogP contribution in [0.3, 0.4) is 0 Å². The lowest BCUT2D eigenvalue weighted by Crippen LogP contribution is -2.15. The fraction of sp³-hybridized carbons (Fsp3) is 0.160. The van der Waals surface area contributed by atoms with Crippen molar-refractivity contribution in [1.82, 2.24) is 14.8 Å². The Hall–Kier alpha value is -3.78. The normalized spacial score (nSPS) is 11.2. The number of furan rings is 1. The molecule has 0 atom stereocenters. The summed E-state index contributed by atoms with van der Waals surface area (Å²) < 4.78 is 13.5. The van der Waals surface area contributed by atoms with Crippen molar-refractivity contribution in [3.63, 3.8) is 0 Å². The molecule has 0 aliphatic rings. The van der Waals surface area contributed by atoms with E-state index in [0.717, 1.165) is 27.7 Å². The van der Waals surface area contributed by atoms with Crippen molar-refractivity contribution >= 4 is 45.3 Å². The summed E-state index contributed by atoms with van der Waals surface area (Å²) >= 11 is 1.35. The van der Waals surface area contributed by atoms with Crippen LogP contribution in [0, 0.1) is 6.92 Å². The minimum absolute atomic E-state index is 0.166. The van der Waals surface area contributed by atoms with Gasteiger partial charge in [-0.25, -0.2) is 0 Å². The van der Waals surface area contributed by atoms with E-state index in [1.807, 2.05) is 60.0 Å². The molecule has 166 valence electrons. The smallest absolute Gasteiger partial charge is 0.234 e. The third kappa shape index (κ3) is 4.29. The van der Waals surface area contributed by atoms with Crippen LogP contribution in [0.5, 0.6) is 5.75 Å². The Kier molecular flexibility index (Phi) is 5.75. The molecule has 1 amide bonds. The lowest BCUT2D eigenvalue weighted by Gasteiger charge is -2.11. The molecule has 0 saturated carbocycles. The van der Waals surface area contributed by atoms with Crippen LogP contribution in [0.15, 0.2) is 76.3 Å². The second-order valence-electron chi connectivity index (χ2n) is 7.59. The summed E-state index contributed by atoms with van der Waals surface area (Å²) in [5, 5.41) is 14.0. The third-order valence-corrected chi connectivity index (χ3v) is 6.36. The number of nitrogens with zero attached hydrogens (tertiary/aromatic N) is 3. The molecule has 0 unspecified atom stereocenters. The van der Waals surface area contributed by atoms with Gasteiger partial charge in [-0.3, -0.25) is 4.79 Å². The molecule has 2 aromatic heterocycles. The van der Waals surface area contributed by atoms with Crippen molar-refractivity contribution in [2.45, 2.75) is 18.6 Å². The number of nitrogens with one attached hydrogen (secondary N) is 1. The van der Waals surface area contributed by atoms with Gasteiger partial charge in [0.2, 0.25) is 5.91 Å². The first-order valence-electron chi connectivity index (χ1n) is 10.5. The van der Waals surface area contributed by atoms with Crippen LogP contribution in [0.1, 0.15) is 11.4 Å². The first-order chi connectivity index (χ1) is 16.1. The quantitative estimate of drug-likeness (QED) is 0.335. The summed E-state index contributed by atoms with van der Waals surface area (Å²) in [6, 6.07) is 21.6. The summed E-state index contributed by atoms with van der Waals surface area (Å²) in [6.07, 6.45) is 0. The third-order valence-electron chi connectivity index (χ3n) is 5.39.